The Morgan fingerprint density at radius 3 is 2.74 bits per heavy atom. The van der Waals surface area contributed by atoms with E-state index in [-0.39, 0.29) is 0 Å². The van der Waals surface area contributed by atoms with E-state index in [1.54, 1.807) is 0 Å². The van der Waals surface area contributed by atoms with Crippen molar-refractivity contribution >= 4 is 16.8 Å². The van der Waals surface area contributed by atoms with Gasteiger partial charge < -0.3 is 4.42 Å². The van der Waals surface area contributed by atoms with E-state index in [0.29, 0.717) is 23.5 Å². The number of benzene rings is 1. The minimum Gasteiger partial charge on any atom is -0.460 e. The minimum absolute atomic E-state index is 0.292. The summed E-state index contributed by atoms with van der Waals surface area (Å²) in [6.07, 6.45) is 4.60. The van der Waals surface area contributed by atoms with Gasteiger partial charge in [0.1, 0.15) is 11.3 Å². The van der Waals surface area contributed by atoms with Crippen molar-refractivity contribution in [3.63, 3.8) is 0 Å². The Bertz CT molecular complexity index is 642. The van der Waals surface area contributed by atoms with Crippen molar-refractivity contribution in [2.24, 2.45) is 17.8 Å². The molecule has 1 aromatic carbocycles. The van der Waals surface area contributed by atoms with E-state index >= 15 is 0 Å². The molecule has 1 aromatic heterocycles. The highest BCUT2D eigenvalue weighted by molar-refractivity contribution is 6.10. The van der Waals surface area contributed by atoms with Crippen LogP contribution in [0.1, 0.15) is 42.3 Å². The van der Waals surface area contributed by atoms with Gasteiger partial charge in [-0.05, 0) is 30.7 Å². The number of hydrogen-bond donors (Lipinski definition) is 0. The molecular weight excluding hydrogens is 236 g/mol. The topological polar surface area (TPSA) is 30.2 Å². The van der Waals surface area contributed by atoms with Gasteiger partial charge in [-0.25, -0.2) is 0 Å². The fourth-order valence-electron chi connectivity index (χ4n) is 3.99. The Morgan fingerprint density at radius 2 is 2.00 bits per heavy atom. The number of ketones is 1. The SMILES string of the molecule is CCc1oc2ccccc2c1C(=O)C1C2CCCC21. The fourth-order valence-corrected chi connectivity index (χ4v) is 3.99. The van der Waals surface area contributed by atoms with Crippen molar-refractivity contribution in [1.29, 1.82) is 0 Å². The molecule has 0 bridgehead atoms. The Morgan fingerprint density at radius 1 is 1.26 bits per heavy atom. The van der Waals surface area contributed by atoms with Gasteiger partial charge in [-0.15, -0.1) is 0 Å². The van der Waals surface area contributed by atoms with Crippen molar-refractivity contribution in [2.75, 3.05) is 0 Å². The van der Waals surface area contributed by atoms with Gasteiger partial charge in [-0.2, -0.15) is 0 Å². The maximum atomic E-state index is 12.8. The molecule has 0 amide bonds. The zero-order chi connectivity index (χ0) is 13.0. The van der Waals surface area contributed by atoms with E-state index in [0.717, 1.165) is 28.7 Å². The molecule has 2 aromatic rings. The first-order valence-corrected chi connectivity index (χ1v) is 7.36. The second kappa shape index (κ2) is 3.96. The summed E-state index contributed by atoms with van der Waals surface area (Å²) in [4.78, 5) is 12.8. The summed E-state index contributed by atoms with van der Waals surface area (Å²) in [6.45, 7) is 2.06. The van der Waals surface area contributed by atoms with Crippen LogP contribution in [0.2, 0.25) is 0 Å². The summed E-state index contributed by atoms with van der Waals surface area (Å²) in [5.74, 6) is 2.85. The summed E-state index contributed by atoms with van der Waals surface area (Å²) < 4.78 is 5.85. The molecule has 98 valence electrons. The molecule has 0 spiro atoms. The number of Topliss-reactive ketones (excluding diaryl/α,β-unsaturated/α-hetero) is 1. The van der Waals surface area contributed by atoms with E-state index in [9.17, 15) is 4.79 Å². The molecule has 2 fully saturated rings. The molecule has 2 nitrogen and oxygen atoms in total. The summed E-state index contributed by atoms with van der Waals surface area (Å²) in [7, 11) is 0. The summed E-state index contributed by atoms with van der Waals surface area (Å²) in [6, 6.07) is 7.93. The average Bonchev–Trinajstić information content (AvgIpc) is 2.81. The molecule has 0 saturated heterocycles. The molecule has 2 aliphatic rings. The van der Waals surface area contributed by atoms with Crippen LogP contribution in [0, 0.1) is 17.8 Å². The first-order valence-electron chi connectivity index (χ1n) is 7.36. The number of hydrogen-bond acceptors (Lipinski definition) is 2. The predicted octanol–water partition coefficient (Wildman–Crippen LogP) is 4.22. The van der Waals surface area contributed by atoms with Crippen molar-refractivity contribution in [3.05, 3.63) is 35.6 Å². The van der Waals surface area contributed by atoms with Gasteiger partial charge in [-0.3, -0.25) is 4.79 Å². The van der Waals surface area contributed by atoms with Crippen LogP contribution < -0.4 is 0 Å². The fraction of sp³-hybridized carbons (Fsp3) is 0.471. The molecule has 0 aliphatic heterocycles. The lowest BCUT2D eigenvalue weighted by Gasteiger charge is -2.03. The molecule has 2 atom stereocenters. The molecule has 0 N–H and O–H groups in total. The van der Waals surface area contributed by atoms with Crippen LogP contribution in [0.25, 0.3) is 11.0 Å². The second-order valence-corrected chi connectivity index (χ2v) is 5.90. The van der Waals surface area contributed by atoms with Gasteiger partial charge in [0, 0.05) is 17.7 Å². The Balaban J connectivity index is 1.79. The summed E-state index contributed by atoms with van der Waals surface area (Å²) in [5.41, 5.74) is 1.73. The number of carbonyl (C=O) groups excluding carboxylic acids is 1. The van der Waals surface area contributed by atoms with Gasteiger partial charge in [0.25, 0.3) is 0 Å². The van der Waals surface area contributed by atoms with Crippen LogP contribution >= 0.6 is 0 Å². The highest BCUT2D eigenvalue weighted by Crippen LogP contribution is 2.59. The summed E-state index contributed by atoms with van der Waals surface area (Å²) in [5, 5.41) is 1.01. The third-order valence-corrected chi connectivity index (χ3v) is 4.95. The molecular formula is C17H18O2. The predicted molar refractivity (Wildman–Crippen MR) is 74.2 cm³/mol. The number of aryl methyl sites for hydroxylation is 1. The number of para-hydroxylation sites is 1. The zero-order valence-corrected chi connectivity index (χ0v) is 11.2. The van der Waals surface area contributed by atoms with Gasteiger partial charge in [-0.1, -0.05) is 31.5 Å². The van der Waals surface area contributed by atoms with Crippen LogP contribution in [0.4, 0.5) is 0 Å². The van der Waals surface area contributed by atoms with Crippen LogP contribution in [-0.4, -0.2) is 5.78 Å². The lowest BCUT2D eigenvalue weighted by Crippen LogP contribution is -2.07. The average molecular weight is 254 g/mol. The van der Waals surface area contributed by atoms with E-state index < -0.39 is 0 Å². The lowest BCUT2D eigenvalue weighted by atomic mass is 9.98. The van der Waals surface area contributed by atoms with Gasteiger partial charge in [0.2, 0.25) is 0 Å². The van der Waals surface area contributed by atoms with Crippen LogP contribution in [0.5, 0.6) is 0 Å². The molecule has 2 saturated carbocycles. The third-order valence-electron chi connectivity index (χ3n) is 4.95. The monoisotopic (exact) mass is 254 g/mol. The summed E-state index contributed by atoms with van der Waals surface area (Å²) >= 11 is 0. The van der Waals surface area contributed by atoms with Crippen LogP contribution in [0.15, 0.2) is 28.7 Å². The Labute approximate surface area is 112 Å². The maximum absolute atomic E-state index is 12.8. The van der Waals surface area contributed by atoms with Gasteiger partial charge >= 0.3 is 0 Å². The highest BCUT2D eigenvalue weighted by Gasteiger charge is 2.56. The Hall–Kier alpha value is -1.57. The number of carbonyl (C=O) groups is 1. The Kier molecular flexibility index (Phi) is 2.35. The lowest BCUT2D eigenvalue weighted by molar-refractivity contribution is 0.0951. The third kappa shape index (κ3) is 1.52. The molecule has 2 aliphatic carbocycles. The van der Waals surface area contributed by atoms with Crippen LogP contribution in [0.3, 0.4) is 0 Å². The van der Waals surface area contributed by atoms with Crippen molar-refractivity contribution in [2.45, 2.75) is 32.6 Å². The molecule has 2 unspecified atom stereocenters. The molecule has 2 heteroatoms. The van der Waals surface area contributed by atoms with Gasteiger partial charge in [0.15, 0.2) is 5.78 Å². The molecule has 0 radical (unpaired) electrons. The minimum atomic E-state index is 0.292. The van der Waals surface area contributed by atoms with E-state index in [2.05, 4.69) is 6.92 Å². The highest BCUT2D eigenvalue weighted by atomic mass is 16.3. The van der Waals surface area contributed by atoms with Crippen LogP contribution in [-0.2, 0) is 6.42 Å². The molecule has 1 heterocycles. The molecule has 4 rings (SSSR count). The normalized spacial score (nSPS) is 28.6. The molecule has 19 heavy (non-hydrogen) atoms. The van der Waals surface area contributed by atoms with E-state index in [1.807, 2.05) is 24.3 Å². The first kappa shape index (κ1) is 11.3. The second-order valence-electron chi connectivity index (χ2n) is 5.90. The number of fused-ring (bicyclic) bond motifs is 2. The van der Waals surface area contributed by atoms with Crippen molar-refractivity contribution < 1.29 is 9.21 Å². The largest absolute Gasteiger partial charge is 0.460 e. The number of rotatable bonds is 3. The quantitative estimate of drug-likeness (QED) is 0.767. The van der Waals surface area contributed by atoms with Crippen molar-refractivity contribution in [3.8, 4) is 0 Å². The van der Waals surface area contributed by atoms with E-state index in [1.165, 1.54) is 19.3 Å². The number of furan rings is 1. The zero-order valence-electron chi connectivity index (χ0n) is 11.2. The van der Waals surface area contributed by atoms with Crippen molar-refractivity contribution in [1.82, 2.24) is 0 Å². The first-order chi connectivity index (χ1) is 9.31. The maximum Gasteiger partial charge on any atom is 0.170 e. The smallest absolute Gasteiger partial charge is 0.170 e. The standard InChI is InChI=1S/C17H18O2/c1-2-13-16(12-6-3-4-9-14(12)19-13)17(18)15-10-7-5-8-11(10)15/h3-4,6,9-11,15H,2,5,7-8H2,1H3. The van der Waals surface area contributed by atoms with Gasteiger partial charge in [0.05, 0.1) is 5.56 Å². The van der Waals surface area contributed by atoms with E-state index in [4.69, 9.17) is 4.42 Å².